The van der Waals surface area contributed by atoms with Gasteiger partial charge < -0.3 is 10.2 Å². The molecule has 1 saturated heterocycles. The Bertz CT molecular complexity index is 187. The molecule has 0 aliphatic carbocycles. The summed E-state index contributed by atoms with van der Waals surface area (Å²) in [6.45, 7) is 12.2. The summed E-state index contributed by atoms with van der Waals surface area (Å²) in [6.07, 6.45) is 2.46. The molecule has 1 N–H and O–H groups in total. The molecular weight excluding hydrogens is 172 g/mol. The van der Waals surface area contributed by atoms with Crippen LogP contribution in [0.5, 0.6) is 0 Å². The highest BCUT2D eigenvalue weighted by Crippen LogP contribution is 2.14. The van der Waals surface area contributed by atoms with Gasteiger partial charge in [0.05, 0.1) is 0 Å². The topological polar surface area (TPSA) is 15.3 Å². The summed E-state index contributed by atoms with van der Waals surface area (Å²) in [7, 11) is 2.06. The van der Waals surface area contributed by atoms with Crippen molar-refractivity contribution >= 4 is 0 Å². The van der Waals surface area contributed by atoms with E-state index in [0.29, 0.717) is 12.0 Å². The van der Waals surface area contributed by atoms with Gasteiger partial charge in [-0.3, -0.25) is 0 Å². The molecule has 0 saturated carbocycles. The van der Waals surface area contributed by atoms with E-state index in [-0.39, 0.29) is 0 Å². The predicted molar refractivity (Wildman–Crippen MR) is 62.5 cm³/mol. The van der Waals surface area contributed by atoms with Gasteiger partial charge in [0.15, 0.2) is 0 Å². The van der Waals surface area contributed by atoms with Gasteiger partial charge in [0.2, 0.25) is 0 Å². The lowest BCUT2D eigenvalue weighted by Gasteiger charge is -2.17. The lowest BCUT2D eigenvalue weighted by molar-refractivity contribution is 0.331. The van der Waals surface area contributed by atoms with Crippen molar-refractivity contribution < 1.29 is 0 Å². The van der Waals surface area contributed by atoms with Crippen molar-refractivity contribution in [2.24, 2.45) is 5.92 Å². The van der Waals surface area contributed by atoms with E-state index in [4.69, 9.17) is 0 Å². The van der Waals surface area contributed by atoms with Crippen LogP contribution in [0.15, 0.2) is 12.2 Å². The highest BCUT2D eigenvalue weighted by molar-refractivity contribution is 4.98. The van der Waals surface area contributed by atoms with E-state index in [1.54, 1.807) is 0 Å². The van der Waals surface area contributed by atoms with Crippen LogP contribution in [0.1, 0.15) is 26.7 Å². The minimum atomic E-state index is 0.637. The average Bonchev–Trinajstić information content (AvgIpc) is 2.61. The summed E-state index contributed by atoms with van der Waals surface area (Å²) in [6, 6.07) is 0.710. The predicted octanol–water partition coefficient (Wildman–Crippen LogP) is 1.88. The smallest absolute Gasteiger partial charge is 0.0204 e. The van der Waals surface area contributed by atoms with Crippen LogP contribution in [-0.4, -0.2) is 37.6 Å². The van der Waals surface area contributed by atoms with Crippen LogP contribution in [-0.2, 0) is 0 Å². The number of likely N-dealkylation sites (tertiary alicyclic amines) is 1. The summed E-state index contributed by atoms with van der Waals surface area (Å²) >= 11 is 0. The molecule has 2 heteroatoms. The van der Waals surface area contributed by atoms with Crippen LogP contribution in [0.2, 0.25) is 0 Å². The summed E-state index contributed by atoms with van der Waals surface area (Å²) in [5, 5.41) is 3.34. The van der Waals surface area contributed by atoms with Crippen molar-refractivity contribution in [1.29, 1.82) is 0 Å². The lowest BCUT2D eigenvalue weighted by atomic mass is 10.0. The second-order valence-electron chi connectivity index (χ2n) is 4.64. The van der Waals surface area contributed by atoms with Gasteiger partial charge in [-0.15, -0.1) is 0 Å². The number of nitrogens with zero attached hydrogens (tertiary/aromatic N) is 1. The van der Waals surface area contributed by atoms with Crippen LogP contribution in [0.25, 0.3) is 0 Å². The van der Waals surface area contributed by atoms with Crippen molar-refractivity contribution in [3.63, 3.8) is 0 Å². The van der Waals surface area contributed by atoms with Crippen LogP contribution in [0, 0.1) is 5.92 Å². The van der Waals surface area contributed by atoms with Gasteiger partial charge in [-0.05, 0) is 32.4 Å². The van der Waals surface area contributed by atoms with Gasteiger partial charge in [-0.25, -0.2) is 0 Å². The fraction of sp³-hybridized carbons (Fsp3) is 0.833. The highest BCUT2D eigenvalue weighted by Gasteiger charge is 2.20. The second kappa shape index (κ2) is 5.52. The molecule has 1 aliphatic heterocycles. The van der Waals surface area contributed by atoms with Crippen molar-refractivity contribution in [3.05, 3.63) is 12.2 Å². The maximum atomic E-state index is 4.11. The van der Waals surface area contributed by atoms with Crippen LogP contribution >= 0.6 is 0 Å². The zero-order chi connectivity index (χ0) is 10.6. The monoisotopic (exact) mass is 196 g/mol. The Morgan fingerprint density at radius 3 is 2.79 bits per heavy atom. The Morgan fingerprint density at radius 2 is 2.29 bits per heavy atom. The number of hydrogen-bond donors (Lipinski definition) is 1. The third-order valence-corrected chi connectivity index (χ3v) is 3.25. The van der Waals surface area contributed by atoms with E-state index in [1.165, 1.54) is 31.6 Å². The largest absolute Gasteiger partial charge is 0.316 e. The molecule has 1 heterocycles. The number of nitrogens with one attached hydrogen (secondary N) is 1. The second-order valence-corrected chi connectivity index (χ2v) is 4.64. The standard InChI is InChI=1S/C12H24N2/c1-10(2)11(3)5-7-14-8-6-12(9-14)13-4/h10,12-13H,3,5-9H2,1-2,4H3. The zero-order valence-corrected chi connectivity index (χ0v) is 9.84. The Hall–Kier alpha value is -0.340. The van der Waals surface area contributed by atoms with Crippen molar-refractivity contribution in [3.8, 4) is 0 Å². The maximum Gasteiger partial charge on any atom is 0.0204 e. The van der Waals surface area contributed by atoms with Gasteiger partial charge in [0.25, 0.3) is 0 Å². The molecule has 1 fully saturated rings. The molecule has 0 aromatic carbocycles. The molecule has 82 valence electrons. The summed E-state index contributed by atoms with van der Waals surface area (Å²) in [5.41, 5.74) is 1.39. The quantitative estimate of drug-likeness (QED) is 0.675. The van der Waals surface area contributed by atoms with Gasteiger partial charge >= 0.3 is 0 Å². The minimum absolute atomic E-state index is 0.637. The van der Waals surface area contributed by atoms with Crippen molar-refractivity contribution in [1.82, 2.24) is 10.2 Å². The fourth-order valence-electron chi connectivity index (χ4n) is 1.86. The molecule has 0 aromatic rings. The van der Waals surface area contributed by atoms with Crippen LogP contribution in [0.4, 0.5) is 0 Å². The lowest BCUT2D eigenvalue weighted by Crippen LogP contribution is -2.30. The van der Waals surface area contributed by atoms with E-state index in [9.17, 15) is 0 Å². The first kappa shape index (κ1) is 11.7. The van der Waals surface area contributed by atoms with E-state index in [1.807, 2.05) is 0 Å². The minimum Gasteiger partial charge on any atom is -0.316 e. The normalized spacial score (nSPS) is 23.3. The Morgan fingerprint density at radius 1 is 1.57 bits per heavy atom. The molecular formula is C12H24N2. The molecule has 0 bridgehead atoms. The Kier molecular flexibility index (Phi) is 4.63. The Balaban J connectivity index is 2.17. The highest BCUT2D eigenvalue weighted by atomic mass is 15.2. The number of rotatable bonds is 5. The fourth-order valence-corrected chi connectivity index (χ4v) is 1.86. The third kappa shape index (κ3) is 3.43. The first-order chi connectivity index (χ1) is 6.63. The van der Waals surface area contributed by atoms with Crippen molar-refractivity contribution in [2.75, 3.05) is 26.7 Å². The third-order valence-electron chi connectivity index (χ3n) is 3.25. The summed E-state index contributed by atoms with van der Waals surface area (Å²) < 4.78 is 0. The maximum absolute atomic E-state index is 4.11. The summed E-state index contributed by atoms with van der Waals surface area (Å²) in [4.78, 5) is 2.54. The molecule has 0 aromatic heterocycles. The first-order valence-corrected chi connectivity index (χ1v) is 5.70. The molecule has 2 nitrogen and oxygen atoms in total. The van der Waals surface area contributed by atoms with Gasteiger partial charge in [-0.2, -0.15) is 0 Å². The average molecular weight is 196 g/mol. The first-order valence-electron chi connectivity index (χ1n) is 5.70. The van der Waals surface area contributed by atoms with E-state index in [0.717, 1.165) is 6.42 Å². The number of likely N-dealkylation sites (N-methyl/N-ethyl adjacent to an activating group) is 1. The molecule has 0 spiro atoms. The molecule has 1 atom stereocenters. The summed E-state index contributed by atoms with van der Waals surface area (Å²) in [5.74, 6) is 0.637. The van der Waals surface area contributed by atoms with E-state index >= 15 is 0 Å². The van der Waals surface area contributed by atoms with E-state index < -0.39 is 0 Å². The molecule has 1 unspecified atom stereocenters. The molecule has 1 aliphatic rings. The molecule has 0 amide bonds. The van der Waals surface area contributed by atoms with Crippen LogP contribution in [0.3, 0.4) is 0 Å². The van der Waals surface area contributed by atoms with Crippen molar-refractivity contribution in [2.45, 2.75) is 32.7 Å². The van der Waals surface area contributed by atoms with E-state index in [2.05, 4.69) is 37.7 Å². The Labute approximate surface area is 88.4 Å². The SMILES string of the molecule is C=C(CCN1CCC(NC)C1)C(C)C. The van der Waals surface area contributed by atoms with Gasteiger partial charge in [0.1, 0.15) is 0 Å². The van der Waals surface area contributed by atoms with Gasteiger partial charge in [0, 0.05) is 19.1 Å². The molecule has 14 heavy (non-hydrogen) atoms. The zero-order valence-electron chi connectivity index (χ0n) is 9.84. The van der Waals surface area contributed by atoms with Crippen LogP contribution < -0.4 is 5.32 Å². The number of hydrogen-bond acceptors (Lipinski definition) is 2. The molecule has 1 rings (SSSR count). The van der Waals surface area contributed by atoms with Gasteiger partial charge in [-0.1, -0.05) is 26.0 Å². The molecule has 0 radical (unpaired) electrons.